The zero-order chi connectivity index (χ0) is 24.3. The van der Waals surface area contributed by atoms with Crippen LogP contribution in [0.1, 0.15) is 47.3 Å². The number of pyridine rings is 1. The third kappa shape index (κ3) is 5.18. The Bertz CT molecular complexity index is 1200. The van der Waals surface area contributed by atoms with Gasteiger partial charge in [-0.05, 0) is 67.6 Å². The molecule has 0 bridgehead atoms. The first-order valence-corrected chi connectivity index (χ1v) is 12.6. The predicted molar refractivity (Wildman–Crippen MR) is 135 cm³/mol. The number of hydrogen-bond donors (Lipinski definition) is 0. The number of aromatic nitrogens is 2. The van der Waals surface area contributed by atoms with E-state index >= 15 is 0 Å². The Hall–Kier alpha value is -2.98. The van der Waals surface area contributed by atoms with E-state index in [0.29, 0.717) is 16.6 Å². The molecule has 6 nitrogen and oxygen atoms in total. The second-order valence-electron chi connectivity index (χ2n) is 9.51. The standard InChI is InChI=1S/C28H29ClN4O2/c29-23-2-4-24(5-3-23)33-12-9-22(19-33)26(34)17-21-1-6-27(31-18-21)28(20-30)10-7-25(8-11-28)32-13-15-35-16-14-32/h1-6,9,12,18-19,25H,7-8,10-11,13-17H2. The van der Waals surface area contributed by atoms with Crippen LogP contribution >= 0.6 is 11.6 Å². The molecule has 2 aromatic heterocycles. The molecule has 180 valence electrons. The Labute approximate surface area is 211 Å². The van der Waals surface area contributed by atoms with Gasteiger partial charge in [-0.25, -0.2) is 0 Å². The molecule has 0 atom stereocenters. The maximum absolute atomic E-state index is 12.9. The van der Waals surface area contributed by atoms with Crippen molar-refractivity contribution in [2.24, 2.45) is 0 Å². The van der Waals surface area contributed by atoms with Crippen LogP contribution in [0.2, 0.25) is 5.02 Å². The highest BCUT2D eigenvalue weighted by molar-refractivity contribution is 6.30. The number of morpholine rings is 1. The number of halogens is 1. The van der Waals surface area contributed by atoms with E-state index in [1.54, 1.807) is 6.20 Å². The molecule has 3 heterocycles. The first kappa shape index (κ1) is 23.7. The molecule has 5 rings (SSSR count). The molecule has 1 aliphatic heterocycles. The summed E-state index contributed by atoms with van der Waals surface area (Å²) in [6.45, 7) is 3.56. The summed E-state index contributed by atoms with van der Waals surface area (Å²) in [7, 11) is 0. The van der Waals surface area contributed by atoms with Gasteiger partial charge in [0.2, 0.25) is 0 Å². The average molecular weight is 489 g/mol. The van der Waals surface area contributed by atoms with Gasteiger partial charge in [0.05, 0.1) is 30.4 Å². The average Bonchev–Trinajstić information content (AvgIpc) is 3.41. The van der Waals surface area contributed by atoms with E-state index in [2.05, 4.69) is 16.0 Å². The zero-order valence-corrected chi connectivity index (χ0v) is 20.5. The van der Waals surface area contributed by atoms with Crippen molar-refractivity contribution < 1.29 is 9.53 Å². The smallest absolute Gasteiger partial charge is 0.168 e. The highest BCUT2D eigenvalue weighted by Crippen LogP contribution is 2.39. The van der Waals surface area contributed by atoms with Crippen molar-refractivity contribution >= 4 is 17.4 Å². The number of benzene rings is 1. The van der Waals surface area contributed by atoms with Crippen LogP contribution in [0.15, 0.2) is 61.1 Å². The number of nitrogens with zero attached hydrogens (tertiary/aromatic N) is 4. The Kier molecular flexibility index (Phi) is 7.01. The summed E-state index contributed by atoms with van der Waals surface area (Å²) in [6, 6.07) is 16.3. The van der Waals surface area contributed by atoms with Crippen LogP contribution in [0.3, 0.4) is 0 Å². The molecule has 7 heteroatoms. The molecule has 1 aliphatic carbocycles. The van der Waals surface area contributed by atoms with E-state index in [1.807, 2.05) is 59.4 Å². The number of rotatable bonds is 6. The third-order valence-corrected chi connectivity index (χ3v) is 7.66. The molecular formula is C28H29ClN4O2. The van der Waals surface area contributed by atoms with Crippen LogP contribution in [-0.2, 0) is 16.6 Å². The van der Waals surface area contributed by atoms with Crippen LogP contribution in [0.25, 0.3) is 5.69 Å². The Morgan fingerprint density at radius 1 is 1.11 bits per heavy atom. The zero-order valence-electron chi connectivity index (χ0n) is 19.7. The van der Waals surface area contributed by atoms with Crippen molar-refractivity contribution in [1.29, 1.82) is 5.26 Å². The van der Waals surface area contributed by atoms with Crippen molar-refractivity contribution in [3.63, 3.8) is 0 Å². The molecule has 2 fully saturated rings. The summed E-state index contributed by atoms with van der Waals surface area (Å²) in [5.74, 6) is 0.0354. The molecule has 0 spiro atoms. The molecule has 0 N–H and O–H groups in total. The van der Waals surface area contributed by atoms with Crippen LogP contribution in [-0.4, -0.2) is 52.6 Å². The van der Waals surface area contributed by atoms with Crippen LogP contribution in [0.5, 0.6) is 0 Å². The first-order valence-electron chi connectivity index (χ1n) is 12.2. The molecular weight excluding hydrogens is 460 g/mol. The van der Waals surface area contributed by atoms with Crippen molar-refractivity contribution in [2.75, 3.05) is 26.3 Å². The summed E-state index contributed by atoms with van der Waals surface area (Å²) in [4.78, 5) is 20.0. The van der Waals surface area contributed by atoms with Crippen molar-refractivity contribution in [2.45, 2.75) is 43.6 Å². The predicted octanol–water partition coefficient (Wildman–Crippen LogP) is 4.99. The van der Waals surface area contributed by atoms with E-state index < -0.39 is 5.41 Å². The van der Waals surface area contributed by atoms with Gasteiger partial charge in [-0.2, -0.15) is 5.26 Å². The highest BCUT2D eigenvalue weighted by Gasteiger charge is 2.40. The number of nitriles is 1. The Morgan fingerprint density at radius 3 is 2.51 bits per heavy atom. The Balaban J connectivity index is 1.22. The number of ketones is 1. The van der Waals surface area contributed by atoms with Gasteiger partial charge in [0, 0.05) is 60.4 Å². The summed E-state index contributed by atoms with van der Waals surface area (Å²) < 4.78 is 7.39. The summed E-state index contributed by atoms with van der Waals surface area (Å²) in [5.41, 5.74) is 2.74. The lowest BCUT2D eigenvalue weighted by Gasteiger charge is -2.41. The molecule has 1 saturated carbocycles. The monoisotopic (exact) mass is 488 g/mol. The van der Waals surface area contributed by atoms with Gasteiger partial charge in [-0.15, -0.1) is 0 Å². The molecule has 1 aromatic carbocycles. The van der Waals surface area contributed by atoms with Crippen LogP contribution in [0, 0.1) is 11.3 Å². The Morgan fingerprint density at radius 2 is 1.86 bits per heavy atom. The number of carbonyl (C=O) groups excluding carboxylic acids is 1. The maximum atomic E-state index is 12.9. The van der Waals surface area contributed by atoms with Crippen molar-refractivity contribution in [3.05, 3.63) is 82.9 Å². The van der Waals surface area contributed by atoms with Gasteiger partial charge in [-0.3, -0.25) is 14.7 Å². The van der Waals surface area contributed by atoms with E-state index in [0.717, 1.165) is 68.9 Å². The fourth-order valence-electron chi connectivity index (χ4n) is 5.26. The molecule has 0 radical (unpaired) electrons. The quantitative estimate of drug-likeness (QED) is 0.457. The first-order chi connectivity index (χ1) is 17.1. The van der Waals surface area contributed by atoms with E-state index in [1.165, 1.54) is 0 Å². The topological polar surface area (TPSA) is 71.2 Å². The lowest BCUT2D eigenvalue weighted by atomic mass is 9.71. The highest BCUT2D eigenvalue weighted by atomic mass is 35.5. The molecule has 3 aromatic rings. The number of ether oxygens (including phenoxy) is 1. The van der Waals surface area contributed by atoms with Crippen LogP contribution < -0.4 is 0 Å². The largest absolute Gasteiger partial charge is 0.379 e. The maximum Gasteiger partial charge on any atom is 0.168 e. The minimum atomic E-state index is -0.541. The lowest BCUT2D eigenvalue weighted by molar-refractivity contribution is 0.00493. The van der Waals surface area contributed by atoms with Crippen molar-refractivity contribution in [3.8, 4) is 11.8 Å². The van der Waals surface area contributed by atoms with Gasteiger partial charge in [0.25, 0.3) is 0 Å². The lowest BCUT2D eigenvalue weighted by Crippen LogP contribution is -2.47. The van der Waals surface area contributed by atoms with Gasteiger partial charge in [-0.1, -0.05) is 17.7 Å². The second-order valence-corrected chi connectivity index (χ2v) is 9.95. The minimum absolute atomic E-state index is 0.0354. The fourth-order valence-corrected chi connectivity index (χ4v) is 5.39. The number of Topliss-reactive ketones (excluding diaryl/α,β-unsaturated/α-hetero) is 1. The second kappa shape index (κ2) is 10.3. The van der Waals surface area contributed by atoms with E-state index in [4.69, 9.17) is 16.3 Å². The van der Waals surface area contributed by atoms with E-state index in [-0.39, 0.29) is 12.2 Å². The number of carbonyl (C=O) groups is 1. The van der Waals surface area contributed by atoms with Gasteiger partial charge in [0.1, 0.15) is 0 Å². The van der Waals surface area contributed by atoms with Gasteiger partial charge < -0.3 is 9.30 Å². The fraction of sp³-hybridized carbons (Fsp3) is 0.393. The normalized spacial score (nSPS) is 23.0. The molecule has 0 unspecified atom stereocenters. The summed E-state index contributed by atoms with van der Waals surface area (Å²) in [5, 5.41) is 10.8. The van der Waals surface area contributed by atoms with Gasteiger partial charge >= 0.3 is 0 Å². The van der Waals surface area contributed by atoms with E-state index in [9.17, 15) is 10.1 Å². The summed E-state index contributed by atoms with van der Waals surface area (Å²) >= 11 is 5.97. The number of hydrogen-bond acceptors (Lipinski definition) is 5. The third-order valence-electron chi connectivity index (χ3n) is 7.40. The minimum Gasteiger partial charge on any atom is -0.379 e. The van der Waals surface area contributed by atoms with Gasteiger partial charge in [0.15, 0.2) is 5.78 Å². The summed E-state index contributed by atoms with van der Waals surface area (Å²) in [6.07, 6.45) is 9.38. The van der Waals surface area contributed by atoms with Crippen molar-refractivity contribution in [1.82, 2.24) is 14.5 Å². The molecule has 2 aliphatic rings. The molecule has 1 saturated heterocycles. The molecule has 35 heavy (non-hydrogen) atoms. The SMILES string of the molecule is N#CC1(c2ccc(CC(=O)c3ccn(-c4ccc(Cl)cc4)c3)cn2)CCC(N2CCOCC2)CC1. The van der Waals surface area contributed by atoms with Crippen LogP contribution in [0.4, 0.5) is 0 Å². The molecule has 0 amide bonds.